The maximum atomic E-state index is 11.5. The van der Waals surface area contributed by atoms with Crippen LogP contribution in [0.1, 0.15) is 25.8 Å². The van der Waals surface area contributed by atoms with Crippen LogP contribution in [0, 0.1) is 0 Å². The summed E-state index contributed by atoms with van der Waals surface area (Å²) in [6.07, 6.45) is 0.956. The van der Waals surface area contributed by atoms with Crippen molar-refractivity contribution in [1.82, 2.24) is 4.90 Å². The zero-order valence-electron chi connectivity index (χ0n) is 11.3. The molecule has 0 aliphatic rings. The van der Waals surface area contributed by atoms with E-state index in [1.54, 1.807) is 13.0 Å². The van der Waals surface area contributed by atoms with Crippen molar-refractivity contribution in [2.75, 3.05) is 19.7 Å². The van der Waals surface area contributed by atoms with Crippen molar-refractivity contribution in [2.24, 2.45) is 0 Å². The highest BCUT2D eigenvalue weighted by atomic mass is 35.5. The number of benzene rings is 1. The van der Waals surface area contributed by atoms with E-state index >= 15 is 0 Å². The van der Waals surface area contributed by atoms with E-state index in [4.69, 9.17) is 27.9 Å². The first kappa shape index (κ1) is 16.3. The second-order valence-electron chi connectivity index (χ2n) is 4.23. The fourth-order valence-electron chi connectivity index (χ4n) is 1.83. The molecule has 5 heteroatoms. The smallest absolute Gasteiger partial charge is 0.320 e. The molecule has 1 aromatic rings. The maximum Gasteiger partial charge on any atom is 0.320 e. The maximum absolute atomic E-state index is 11.5. The standard InChI is InChI=1S/C14H19Cl2NO2/c1-3-8-17(10-13(18)19-4-2)9-11-6-5-7-12(15)14(11)16/h5-7H,3-4,8-10H2,1-2H3. The fraction of sp³-hybridized carbons (Fsp3) is 0.500. The minimum Gasteiger partial charge on any atom is -0.465 e. The van der Waals surface area contributed by atoms with E-state index in [1.165, 1.54) is 0 Å². The van der Waals surface area contributed by atoms with Gasteiger partial charge in [-0.2, -0.15) is 0 Å². The summed E-state index contributed by atoms with van der Waals surface area (Å²) >= 11 is 12.1. The summed E-state index contributed by atoms with van der Waals surface area (Å²) in [6, 6.07) is 5.53. The van der Waals surface area contributed by atoms with E-state index in [0.29, 0.717) is 23.2 Å². The van der Waals surface area contributed by atoms with Gasteiger partial charge in [0.15, 0.2) is 0 Å². The number of nitrogens with zero attached hydrogens (tertiary/aromatic N) is 1. The SMILES string of the molecule is CCCN(CC(=O)OCC)Cc1cccc(Cl)c1Cl. The van der Waals surface area contributed by atoms with Crippen molar-refractivity contribution in [1.29, 1.82) is 0 Å². The quantitative estimate of drug-likeness (QED) is 0.718. The van der Waals surface area contributed by atoms with Gasteiger partial charge in [0.05, 0.1) is 23.2 Å². The monoisotopic (exact) mass is 303 g/mol. The van der Waals surface area contributed by atoms with Crippen LogP contribution in [0.4, 0.5) is 0 Å². The Balaban J connectivity index is 2.72. The molecule has 0 N–H and O–H groups in total. The van der Waals surface area contributed by atoms with Crippen LogP contribution in [-0.2, 0) is 16.1 Å². The van der Waals surface area contributed by atoms with Gasteiger partial charge in [-0.3, -0.25) is 9.69 Å². The lowest BCUT2D eigenvalue weighted by Gasteiger charge is -2.21. The highest BCUT2D eigenvalue weighted by molar-refractivity contribution is 6.42. The number of carbonyl (C=O) groups excluding carboxylic acids is 1. The Morgan fingerprint density at radius 2 is 2.05 bits per heavy atom. The van der Waals surface area contributed by atoms with E-state index in [9.17, 15) is 4.79 Å². The van der Waals surface area contributed by atoms with E-state index < -0.39 is 0 Å². The molecular weight excluding hydrogens is 285 g/mol. The molecule has 0 aliphatic carbocycles. The molecular formula is C14H19Cl2NO2. The number of rotatable bonds is 7. The summed E-state index contributed by atoms with van der Waals surface area (Å²) in [7, 11) is 0. The van der Waals surface area contributed by atoms with E-state index in [-0.39, 0.29) is 12.5 Å². The van der Waals surface area contributed by atoms with Crippen LogP contribution in [0.2, 0.25) is 10.0 Å². The Labute approximate surface area is 124 Å². The second kappa shape index (κ2) is 8.41. The Morgan fingerprint density at radius 1 is 1.32 bits per heavy atom. The third-order valence-electron chi connectivity index (χ3n) is 2.62. The molecule has 0 heterocycles. The van der Waals surface area contributed by atoms with Crippen molar-refractivity contribution in [3.05, 3.63) is 33.8 Å². The van der Waals surface area contributed by atoms with Gasteiger partial charge in [0.25, 0.3) is 0 Å². The lowest BCUT2D eigenvalue weighted by Crippen LogP contribution is -2.31. The highest BCUT2D eigenvalue weighted by Crippen LogP contribution is 2.26. The van der Waals surface area contributed by atoms with Crippen molar-refractivity contribution in [3.8, 4) is 0 Å². The first-order chi connectivity index (χ1) is 9.08. The van der Waals surface area contributed by atoms with Gasteiger partial charge in [-0.25, -0.2) is 0 Å². The minimum atomic E-state index is -0.214. The molecule has 0 spiro atoms. The van der Waals surface area contributed by atoms with Gasteiger partial charge in [-0.05, 0) is 31.5 Å². The van der Waals surface area contributed by atoms with Crippen molar-refractivity contribution in [3.63, 3.8) is 0 Å². The molecule has 19 heavy (non-hydrogen) atoms. The molecule has 0 amide bonds. The third-order valence-corrected chi connectivity index (χ3v) is 3.48. The summed E-state index contributed by atoms with van der Waals surface area (Å²) in [5.41, 5.74) is 0.923. The first-order valence-electron chi connectivity index (χ1n) is 6.39. The predicted octanol–water partition coefficient (Wildman–Crippen LogP) is 3.77. The molecule has 0 atom stereocenters. The number of ether oxygens (including phenoxy) is 1. The number of carbonyl (C=O) groups is 1. The van der Waals surface area contributed by atoms with Gasteiger partial charge in [-0.1, -0.05) is 42.3 Å². The average molecular weight is 304 g/mol. The Morgan fingerprint density at radius 3 is 2.68 bits per heavy atom. The van der Waals surface area contributed by atoms with Crippen molar-refractivity contribution < 1.29 is 9.53 Å². The van der Waals surface area contributed by atoms with Crippen LogP contribution in [0.15, 0.2) is 18.2 Å². The van der Waals surface area contributed by atoms with Gasteiger partial charge >= 0.3 is 5.97 Å². The van der Waals surface area contributed by atoms with E-state index in [0.717, 1.165) is 18.5 Å². The van der Waals surface area contributed by atoms with Gasteiger partial charge in [0, 0.05) is 6.54 Å². The average Bonchev–Trinajstić information content (AvgIpc) is 2.35. The number of esters is 1. The topological polar surface area (TPSA) is 29.5 Å². The van der Waals surface area contributed by atoms with E-state index in [2.05, 4.69) is 6.92 Å². The summed E-state index contributed by atoms with van der Waals surface area (Å²) < 4.78 is 4.97. The van der Waals surface area contributed by atoms with E-state index in [1.807, 2.05) is 17.0 Å². The fourth-order valence-corrected chi connectivity index (χ4v) is 2.21. The summed E-state index contributed by atoms with van der Waals surface area (Å²) in [4.78, 5) is 13.6. The van der Waals surface area contributed by atoms with Crippen LogP contribution in [0.3, 0.4) is 0 Å². The molecule has 1 rings (SSSR count). The first-order valence-corrected chi connectivity index (χ1v) is 7.14. The Kier molecular flexibility index (Phi) is 7.21. The molecule has 0 aliphatic heterocycles. The largest absolute Gasteiger partial charge is 0.465 e. The molecule has 3 nitrogen and oxygen atoms in total. The molecule has 0 unspecified atom stereocenters. The van der Waals surface area contributed by atoms with Crippen molar-refractivity contribution in [2.45, 2.75) is 26.8 Å². The zero-order chi connectivity index (χ0) is 14.3. The van der Waals surface area contributed by atoms with Gasteiger partial charge in [0.1, 0.15) is 0 Å². The van der Waals surface area contributed by atoms with Crippen LogP contribution < -0.4 is 0 Å². The number of hydrogen-bond donors (Lipinski definition) is 0. The molecule has 0 saturated heterocycles. The van der Waals surface area contributed by atoms with Crippen LogP contribution in [0.5, 0.6) is 0 Å². The minimum absolute atomic E-state index is 0.214. The Bertz CT molecular complexity index is 424. The van der Waals surface area contributed by atoms with Gasteiger partial charge < -0.3 is 4.74 Å². The van der Waals surface area contributed by atoms with Gasteiger partial charge in [0.2, 0.25) is 0 Å². The molecule has 106 valence electrons. The van der Waals surface area contributed by atoms with Crippen LogP contribution in [-0.4, -0.2) is 30.6 Å². The Hall–Kier alpha value is -0.770. The summed E-state index contributed by atoms with van der Waals surface area (Å²) in [5.74, 6) is -0.214. The second-order valence-corrected chi connectivity index (χ2v) is 5.01. The number of hydrogen-bond acceptors (Lipinski definition) is 3. The third kappa shape index (κ3) is 5.39. The number of halogens is 2. The molecule has 0 aromatic heterocycles. The molecule has 0 radical (unpaired) electrons. The molecule has 0 bridgehead atoms. The highest BCUT2D eigenvalue weighted by Gasteiger charge is 2.13. The van der Waals surface area contributed by atoms with Crippen molar-refractivity contribution >= 4 is 29.2 Å². The van der Waals surface area contributed by atoms with Gasteiger partial charge in [-0.15, -0.1) is 0 Å². The molecule has 1 aromatic carbocycles. The lowest BCUT2D eigenvalue weighted by atomic mass is 10.2. The predicted molar refractivity (Wildman–Crippen MR) is 78.7 cm³/mol. The summed E-state index contributed by atoms with van der Waals surface area (Å²) in [6.45, 7) is 5.93. The summed E-state index contributed by atoms with van der Waals surface area (Å²) in [5, 5.41) is 1.08. The van der Waals surface area contributed by atoms with Crippen LogP contribution >= 0.6 is 23.2 Å². The van der Waals surface area contributed by atoms with Crippen LogP contribution in [0.25, 0.3) is 0 Å². The zero-order valence-corrected chi connectivity index (χ0v) is 12.8. The molecule has 0 saturated carbocycles. The lowest BCUT2D eigenvalue weighted by molar-refractivity contribution is -0.144. The molecule has 0 fully saturated rings. The normalized spacial score (nSPS) is 10.8.